The van der Waals surface area contributed by atoms with E-state index >= 15 is 0 Å². The Bertz CT molecular complexity index is 1060. The van der Waals surface area contributed by atoms with E-state index in [9.17, 15) is 9.59 Å². The summed E-state index contributed by atoms with van der Waals surface area (Å²) in [6.45, 7) is 2.89. The number of methoxy groups -OCH3 is 1. The van der Waals surface area contributed by atoms with Crippen molar-refractivity contribution < 1.29 is 24.2 Å². The summed E-state index contributed by atoms with van der Waals surface area (Å²) in [6.07, 6.45) is 4.28. The molecular formula is C27H38ClN3O5S. The molecule has 2 N–H and O–H groups in total. The van der Waals surface area contributed by atoms with Crippen LogP contribution in [-0.4, -0.2) is 65.5 Å². The molecule has 0 radical (unpaired) electrons. The molecule has 0 bridgehead atoms. The predicted octanol–water partition coefficient (Wildman–Crippen LogP) is 5.94. The summed E-state index contributed by atoms with van der Waals surface area (Å²) in [5.41, 5.74) is 1.87. The summed E-state index contributed by atoms with van der Waals surface area (Å²) in [4.78, 5) is 32.5. The lowest BCUT2D eigenvalue weighted by Crippen LogP contribution is -2.46. The van der Waals surface area contributed by atoms with E-state index in [1.54, 1.807) is 18.4 Å². The van der Waals surface area contributed by atoms with Crippen LogP contribution in [0.15, 0.2) is 24.3 Å². The van der Waals surface area contributed by atoms with Crippen LogP contribution in [0.4, 0.5) is 4.79 Å². The Morgan fingerprint density at radius 3 is 2.78 bits per heavy atom. The first-order valence-corrected chi connectivity index (χ1v) is 13.8. The van der Waals surface area contributed by atoms with Crippen molar-refractivity contribution >= 4 is 34.9 Å². The lowest BCUT2D eigenvalue weighted by Gasteiger charge is -2.35. The highest BCUT2D eigenvalue weighted by molar-refractivity contribution is 7.15. The maximum Gasteiger partial charge on any atom is 0.404 e. The van der Waals surface area contributed by atoms with Gasteiger partial charge in [0, 0.05) is 24.7 Å². The zero-order valence-corrected chi connectivity index (χ0v) is 22.3. The molecule has 2 aliphatic rings. The summed E-state index contributed by atoms with van der Waals surface area (Å²) in [5.74, 6) is 0.0394. The lowest BCUT2D eigenvalue weighted by molar-refractivity contribution is -0.158. The van der Waals surface area contributed by atoms with Gasteiger partial charge in [-0.15, -0.1) is 11.3 Å². The van der Waals surface area contributed by atoms with Crippen molar-refractivity contribution in [3.63, 3.8) is 0 Å². The van der Waals surface area contributed by atoms with Crippen molar-refractivity contribution in [2.75, 3.05) is 20.3 Å². The molecule has 1 aromatic carbocycles. The monoisotopic (exact) mass is 551 g/mol. The number of nitrogens with one attached hydrogen (secondary N) is 1. The van der Waals surface area contributed by atoms with Crippen LogP contribution in [0.3, 0.4) is 0 Å². The molecule has 204 valence electrons. The molecule has 1 saturated carbocycles. The third-order valence-corrected chi connectivity index (χ3v) is 8.17. The van der Waals surface area contributed by atoms with Crippen LogP contribution >= 0.6 is 22.9 Å². The third kappa shape index (κ3) is 7.66. The smallest absolute Gasteiger partial charge is 0.404 e. The van der Waals surface area contributed by atoms with E-state index in [1.807, 2.05) is 36.1 Å². The van der Waals surface area contributed by atoms with Crippen molar-refractivity contribution in [3.8, 4) is 10.4 Å². The Morgan fingerprint density at radius 1 is 1.32 bits per heavy atom. The molecular weight excluding hydrogens is 514 g/mol. The first-order chi connectivity index (χ1) is 17.4. The van der Waals surface area contributed by atoms with Crippen LogP contribution < -0.4 is 5.32 Å². The second-order valence-electron chi connectivity index (χ2n) is 9.46. The Hall–Kier alpha value is -2.20. The van der Waals surface area contributed by atoms with Gasteiger partial charge in [-0.3, -0.25) is 4.79 Å². The third-order valence-electron chi connectivity index (χ3n) is 6.61. The minimum atomic E-state index is -1.03. The fourth-order valence-corrected chi connectivity index (χ4v) is 6.09. The van der Waals surface area contributed by atoms with Gasteiger partial charge >= 0.3 is 6.09 Å². The van der Waals surface area contributed by atoms with Crippen LogP contribution in [0.2, 0.25) is 5.02 Å². The molecule has 8 nitrogen and oxygen atoms in total. The number of benzene rings is 1. The van der Waals surface area contributed by atoms with E-state index in [0.29, 0.717) is 31.0 Å². The minimum absolute atomic E-state index is 0. The molecule has 10 heteroatoms. The van der Waals surface area contributed by atoms with Crippen LogP contribution in [0, 0.1) is 0 Å². The van der Waals surface area contributed by atoms with Crippen LogP contribution in [0.1, 0.15) is 69.6 Å². The summed E-state index contributed by atoms with van der Waals surface area (Å²) in [5, 5.41) is 12.8. The highest BCUT2D eigenvalue weighted by Crippen LogP contribution is 2.41. The van der Waals surface area contributed by atoms with Gasteiger partial charge in [0.05, 0.1) is 29.3 Å². The van der Waals surface area contributed by atoms with Crippen LogP contribution in [0.25, 0.3) is 10.4 Å². The Labute approximate surface area is 228 Å². The fourth-order valence-electron chi connectivity index (χ4n) is 4.74. The highest BCUT2D eigenvalue weighted by atomic mass is 35.5. The Balaban J connectivity index is 0.00000380. The number of nitrogens with zero attached hydrogens (tertiary/aromatic N) is 2. The van der Waals surface area contributed by atoms with Gasteiger partial charge < -0.3 is 24.8 Å². The van der Waals surface area contributed by atoms with Gasteiger partial charge in [0.1, 0.15) is 11.1 Å². The molecule has 2 aromatic rings. The van der Waals surface area contributed by atoms with E-state index in [4.69, 9.17) is 31.2 Å². The molecule has 2 heterocycles. The molecule has 1 aliphatic heterocycles. The number of thiazole rings is 1. The van der Waals surface area contributed by atoms with Gasteiger partial charge in [-0.2, -0.15) is 0 Å². The van der Waals surface area contributed by atoms with E-state index in [0.717, 1.165) is 53.2 Å². The van der Waals surface area contributed by atoms with Gasteiger partial charge in [0.15, 0.2) is 0 Å². The number of carbonyl (C=O) groups is 2. The van der Waals surface area contributed by atoms with Crippen molar-refractivity contribution in [1.29, 1.82) is 0 Å². The van der Waals surface area contributed by atoms with Gasteiger partial charge in [-0.05, 0) is 69.6 Å². The highest BCUT2D eigenvalue weighted by Gasteiger charge is 2.42. The average Bonchev–Trinajstić information content (AvgIpc) is 3.59. The second kappa shape index (κ2) is 13.6. The molecule has 4 rings (SSSR count). The van der Waals surface area contributed by atoms with Crippen LogP contribution in [0.5, 0.6) is 0 Å². The minimum Gasteiger partial charge on any atom is -0.465 e. The number of amides is 2. The molecule has 2 fully saturated rings. The maximum atomic E-state index is 13.7. The zero-order valence-electron chi connectivity index (χ0n) is 20.7. The summed E-state index contributed by atoms with van der Waals surface area (Å²) >= 11 is 7.85. The van der Waals surface area contributed by atoms with Gasteiger partial charge in [-0.25, -0.2) is 9.78 Å². The number of halogens is 1. The topological polar surface area (TPSA) is 101 Å². The SMILES string of the molecule is C.COC[C@@H]1CCC[C@H](C(=O)N(C2CC2)[C@H](C)c2nc(CCCNC(=O)O)c(-c3cccc(Cl)c3)s2)O1. The number of hydrogen-bond donors (Lipinski definition) is 2. The normalized spacial score (nSPS) is 20.1. The van der Waals surface area contributed by atoms with Crippen LogP contribution in [-0.2, 0) is 20.7 Å². The van der Waals surface area contributed by atoms with E-state index < -0.39 is 12.2 Å². The largest absolute Gasteiger partial charge is 0.465 e. The second-order valence-corrected chi connectivity index (χ2v) is 10.9. The van der Waals surface area contributed by atoms with E-state index in [1.165, 1.54) is 0 Å². The molecule has 3 atom stereocenters. The number of aromatic nitrogens is 1. The summed E-state index contributed by atoms with van der Waals surface area (Å²) < 4.78 is 11.4. The standard InChI is InChI=1S/C26H34ClN3O5S.CH4/c1-16(30(19-11-12-19)25(31)22-10-4-8-20(35-22)15-34-2)24-29-21(9-5-13-28-26(32)33)23(36-24)17-6-3-7-18(27)14-17;/h3,6-7,14,16,19-20,22,28H,4-5,8-13,15H2,1-2H3,(H,32,33);1H4/t16-,20+,22-;/m1./s1. The Morgan fingerprint density at radius 2 is 2.11 bits per heavy atom. The molecule has 37 heavy (non-hydrogen) atoms. The number of ether oxygens (including phenoxy) is 2. The quantitative estimate of drug-likeness (QED) is 0.335. The Kier molecular flexibility index (Phi) is 10.8. The van der Waals surface area contributed by atoms with Crippen molar-refractivity contribution in [2.24, 2.45) is 0 Å². The molecule has 1 aliphatic carbocycles. The fraction of sp³-hybridized carbons (Fsp3) is 0.593. The summed E-state index contributed by atoms with van der Waals surface area (Å²) in [7, 11) is 1.66. The first kappa shape index (κ1) is 29.4. The molecule has 0 unspecified atom stereocenters. The van der Waals surface area contributed by atoms with Crippen molar-refractivity contribution in [1.82, 2.24) is 15.2 Å². The van der Waals surface area contributed by atoms with Crippen molar-refractivity contribution in [2.45, 2.75) is 83.6 Å². The lowest BCUT2D eigenvalue weighted by atomic mass is 10.0. The van der Waals surface area contributed by atoms with Gasteiger partial charge in [0.2, 0.25) is 0 Å². The van der Waals surface area contributed by atoms with Crippen molar-refractivity contribution in [3.05, 3.63) is 40.0 Å². The van der Waals surface area contributed by atoms with E-state index in [2.05, 4.69) is 5.32 Å². The molecule has 2 amide bonds. The van der Waals surface area contributed by atoms with E-state index in [-0.39, 0.29) is 31.5 Å². The molecule has 1 aromatic heterocycles. The number of aryl methyl sites for hydroxylation is 1. The number of carboxylic acid groups (broad SMARTS) is 1. The predicted molar refractivity (Wildman–Crippen MR) is 146 cm³/mol. The van der Waals surface area contributed by atoms with Gasteiger partial charge in [0.25, 0.3) is 5.91 Å². The molecule has 1 saturated heterocycles. The first-order valence-electron chi connectivity index (χ1n) is 12.6. The van der Waals surface area contributed by atoms with Gasteiger partial charge in [-0.1, -0.05) is 31.2 Å². The zero-order chi connectivity index (χ0) is 25.7. The number of rotatable bonds is 11. The number of carbonyl (C=O) groups excluding carboxylic acids is 1. The average molecular weight is 552 g/mol. The molecule has 0 spiro atoms. The summed E-state index contributed by atoms with van der Waals surface area (Å²) in [6, 6.07) is 7.68. The number of hydrogen-bond acceptors (Lipinski definition) is 6. The maximum absolute atomic E-state index is 13.7.